The molecule has 4 heteroatoms. The minimum Gasteiger partial charge on any atom is -0.494 e. The van der Waals surface area contributed by atoms with Crippen molar-refractivity contribution in [2.45, 2.75) is 19.9 Å². The lowest BCUT2D eigenvalue weighted by Crippen LogP contribution is -2.29. The molecule has 1 aromatic heterocycles. The summed E-state index contributed by atoms with van der Waals surface area (Å²) >= 11 is 1.73. The second kappa shape index (κ2) is 6.00. The van der Waals surface area contributed by atoms with Crippen molar-refractivity contribution in [3.8, 4) is 5.75 Å². The summed E-state index contributed by atoms with van der Waals surface area (Å²) in [5.41, 5.74) is 5.16. The zero-order valence-electron chi connectivity index (χ0n) is 10.6. The van der Waals surface area contributed by atoms with Crippen LogP contribution in [0.15, 0.2) is 35.7 Å². The molecule has 0 radical (unpaired) electrons. The Morgan fingerprint density at radius 3 is 2.67 bits per heavy atom. The Morgan fingerprint density at radius 2 is 2.06 bits per heavy atom. The number of hydrogen-bond acceptors (Lipinski definition) is 4. The summed E-state index contributed by atoms with van der Waals surface area (Å²) in [5, 5.41) is 2.08. The molecule has 96 valence electrons. The van der Waals surface area contributed by atoms with Crippen molar-refractivity contribution in [3.05, 3.63) is 51.7 Å². The van der Waals surface area contributed by atoms with Crippen LogP contribution < -0.4 is 16.0 Å². The van der Waals surface area contributed by atoms with E-state index in [0.29, 0.717) is 6.61 Å². The number of rotatable bonds is 5. The molecule has 0 spiro atoms. The normalized spacial score (nSPS) is 12.4. The summed E-state index contributed by atoms with van der Waals surface area (Å²) in [6, 6.07) is 10.1. The summed E-state index contributed by atoms with van der Waals surface area (Å²) < 4.78 is 5.67. The first kappa shape index (κ1) is 13.1. The predicted octanol–water partition coefficient (Wildman–Crippen LogP) is 3.01. The van der Waals surface area contributed by atoms with Crippen molar-refractivity contribution in [2.75, 3.05) is 6.61 Å². The molecule has 0 saturated carbocycles. The summed E-state index contributed by atoms with van der Waals surface area (Å²) in [6.45, 7) is 4.74. The van der Waals surface area contributed by atoms with Crippen molar-refractivity contribution < 1.29 is 4.74 Å². The smallest absolute Gasteiger partial charge is 0.124 e. The maximum absolute atomic E-state index is 5.73. The van der Waals surface area contributed by atoms with Gasteiger partial charge in [0, 0.05) is 10.4 Å². The minimum absolute atomic E-state index is 0.0287. The van der Waals surface area contributed by atoms with Crippen LogP contribution in [0.4, 0.5) is 0 Å². The number of ether oxygens (including phenoxy) is 1. The van der Waals surface area contributed by atoms with Gasteiger partial charge in [0.1, 0.15) is 5.75 Å². The van der Waals surface area contributed by atoms with Gasteiger partial charge in [-0.15, -0.1) is 11.3 Å². The molecule has 1 aromatic carbocycles. The number of nitrogens with two attached hydrogens (primary N) is 1. The zero-order chi connectivity index (χ0) is 13.0. The van der Waals surface area contributed by atoms with Gasteiger partial charge in [-0.05, 0) is 36.9 Å². The average Bonchev–Trinajstić information content (AvgIpc) is 2.79. The fourth-order valence-corrected chi connectivity index (χ4v) is 2.79. The summed E-state index contributed by atoms with van der Waals surface area (Å²) in [6.07, 6.45) is 0. The Morgan fingerprint density at radius 1 is 1.28 bits per heavy atom. The van der Waals surface area contributed by atoms with Crippen LogP contribution in [-0.2, 0) is 0 Å². The molecule has 2 aromatic rings. The molecule has 1 heterocycles. The van der Waals surface area contributed by atoms with Gasteiger partial charge in [-0.1, -0.05) is 18.2 Å². The lowest BCUT2D eigenvalue weighted by Gasteiger charge is -2.19. The van der Waals surface area contributed by atoms with Crippen LogP contribution in [0.2, 0.25) is 0 Å². The van der Waals surface area contributed by atoms with Crippen LogP contribution in [0.1, 0.15) is 29.0 Å². The van der Waals surface area contributed by atoms with E-state index in [2.05, 4.69) is 23.8 Å². The molecule has 0 aliphatic rings. The number of benzene rings is 1. The number of thiophene rings is 1. The summed E-state index contributed by atoms with van der Waals surface area (Å²) in [4.78, 5) is 1.27. The van der Waals surface area contributed by atoms with E-state index in [9.17, 15) is 0 Å². The van der Waals surface area contributed by atoms with E-state index in [1.807, 2.05) is 31.2 Å². The van der Waals surface area contributed by atoms with Crippen molar-refractivity contribution in [1.82, 2.24) is 5.43 Å². The fraction of sp³-hybridized carbons (Fsp3) is 0.286. The van der Waals surface area contributed by atoms with Gasteiger partial charge >= 0.3 is 0 Å². The fourth-order valence-electron chi connectivity index (χ4n) is 2.05. The number of nitrogens with one attached hydrogen (secondary N) is 1. The molecule has 0 bridgehead atoms. The Kier molecular flexibility index (Phi) is 4.36. The lowest BCUT2D eigenvalue weighted by molar-refractivity contribution is 0.333. The molecular weight excluding hydrogens is 244 g/mol. The summed E-state index contributed by atoms with van der Waals surface area (Å²) in [7, 11) is 0. The number of hydrogen-bond donors (Lipinski definition) is 2. The van der Waals surface area contributed by atoms with Crippen molar-refractivity contribution in [1.29, 1.82) is 0 Å². The molecule has 2 rings (SSSR count). The molecular formula is C14H18N2OS. The molecule has 0 aliphatic carbocycles. The third kappa shape index (κ3) is 2.56. The standard InChI is InChI=1S/C14H18N2OS/c1-3-17-13-7-5-4-6-12(13)14(16-15)11-8-9-18-10(11)2/h4-9,14,16H,3,15H2,1-2H3. The first-order chi connectivity index (χ1) is 8.77. The SMILES string of the molecule is CCOc1ccccc1C(NN)c1ccsc1C. The molecule has 3 nitrogen and oxygen atoms in total. The van der Waals surface area contributed by atoms with Gasteiger partial charge in [-0.25, -0.2) is 5.43 Å². The predicted molar refractivity (Wildman–Crippen MR) is 75.8 cm³/mol. The second-order valence-corrected chi connectivity index (χ2v) is 5.12. The molecule has 1 atom stereocenters. The lowest BCUT2D eigenvalue weighted by atomic mass is 9.99. The van der Waals surface area contributed by atoms with E-state index >= 15 is 0 Å². The molecule has 0 saturated heterocycles. The maximum atomic E-state index is 5.73. The Hall–Kier alpha value is -1.36. The van der Waals surface area contributed by atoms with Crippen LogP contribution in [-0.4, -0.2) is 6.61 Å². The van der Waals surface area contributed by atoms with Crippen LogP contribution in [0.25, 0.3) is 0 Å². The third-order valence-corrected chi connectivity index (χ3v) is 3.77. The van der Waals surface area contributed by atoms with Gasteiger partial charge in [-0.3, -0.25) is 5.84 Å². The van der Waals surface area contributed by atoms with Gasteiger partial charge in [0.15, 0.2) is 0 Å². The van der Waals surface area contributed by atoms with Gasteiger partial charge in [-0.2, -0.15) is 0 Å². The topological polar surface area (TPSA) is 47.3 Å². The molecule has 0 amide bonds. The monoisotopic (exact) mass is 262 g/mol. The molecule has 0 fully saturated rings. The van der Waals surface area contributed by atoms with Crippen LogP contribution >= 0.6 is 11.3 Å². The largest absolute Gasteiger partial charge is 0.494 e. The van der Waals surface area contributed by atoms with Crippen LogP contribution in [0, 0.1) is 6.92 Å². The van der Waals surface area contributed by atoms with E-state index in [1.165, 1.54) is 10.4 Å². The van der Waals surface area contributed by atoms with E-state index < -0.39 is 0 Å². The van der Waals surface area contributed by atoms with E-state index in [4.69, 9.17) is 10.6 Å². The van der Waals surface area contributed by atoms with E-state index in [-0.39, 0.29) is 6.04 Å². The highest BCUT2D eigenvalue weighted by molar-refractivity contribution is 7.10. The maximum Gasteiger partial charge on any atom is 0.124 e. The average molecular weight is 262 g/mol. The van der Waals surface area contributed by atoms with Gasteiger partial charge < -0.3 is 4.74 Å². The van der Waals surface area contributed by atoms with Crippen LogP contribution in [0.3, 0.4) is 0 Å². The molecule has 0 aliphatic heterocycles. The van der Waals surface area contributed by atoms with E-state index in [1.54, 1.807) is 11.3 Å². The van der Waals surface area contributed by atoms with Gasteiger partial charge in [0.25, 0.3) is 0 Å². The number of aryl methyl sites for hydroxylation is 1. The van der Waals surface area contributed by atoms with Gasteiger partial charge in [0.05, 0.1) is 12.6 Å². The minimum atomic E-state index is -0.0287. The Labute approximate surface area is 112 Å². The first-order valence-corrected chi connectivity index (χ1v) is 6.87. The highest BCUT2D eigenvalue weighted by atomic mass is 32.1. The molecule has 18 heavy (non-hydrogen) atoms. The quantitative estimate of drug-likeness (QED) is 0.643. The van der Waals surface area contributed by atoms with Crippen molar-refractivity contribution >= 4 is 11.3 Å². The zero-order valence-corrected chi connectivity index (χ0v) is 11.5. The van der Waals surface area contributed by atoms with Crippen molar-refractivity contribution in [3.63, 3.8) is 0 Å². The Bertz CT molecular complexity index is 510. The number of para-hydroxylation sites is 1. The highest BCUT2D eigenvalue weighted by Crippen LogP contribution is 2.32. The van der Waals surface area contributed by atoms with E-state index in [0.717, 1.165) is 11.3 Å². The number of hydrazine groups is 1. The molecule has 1 unspecified atom stereocenters. The molecule has 3 N–H and O–H groups in total. The third-order valence-electron chi connectivity index (χ3n) is 2.91. The second-order valence-electron chi connectivity index (χ2n) is 4.00. The first-order valence-electron chi connectivity index (χ1n) is 5.99. The summed E-state index contributed by atoms with van der Waals surface area (Å²) in [5.74, 6) is 6.61. The Balaban J connectivity index is 2.42. The van der Waals surface area contributed by atoms with Crippen molar-refractivity contribution in [2.24, 2.45) is 5.84 Å². The highest BCUT2D eigenvalue weighted by Gasteiger charge is 2.18. The van der Waals surface area contributed by atoms with Crippen LogP contribution in [0.5, 0.6) is 5.75 Å². The van der Waals surface area contributed by atoms with Gasteiger partial charge in [0.2, 0.25) is 0 Å².